The van der Waals surface area contributed by atoms with Gasteiger partial charge in [-0.05, 0) is 64.9 Å². The van der Waals surface area contributed by atoms with E-state index < -0.39 is 0 Å². The summed E-state index contributed by atoms with van der Waals surface area (Å²) in [7, 11) is 0. The van der Waals surface area contributed by atoms with E-state index in [2.05, 4.69) is 47.0 Å². The van der Waals surface area contributed by atoms with Gasteiger partial charge in [-0.3, -0.25) is 0 Å². The summed E-state index contributed by atoms with van der Waals surface area (Å²) in [6, 6.07) is 13.7. The molecule has 0 aliphatic heterocycles. The monoisotopic (exact) mass is 369 g/mol. The van der Waals surface area contributed by atoms with Crippen molar-refractivity contribution in [2.24, 2.45) is 0 Å². The number of aryl methyl sites for hydroxylation is 1. The predicted octanol–water partition coefficient (Wildman–Crippen LogP) is 4.44. The molecule has 0 aliphatic carbocycles. The highest BCUT2D eigenvalue weighted by molar-refractivity contribution is 14.1. The summed E-state index contributed by atoms with van der Waals surface area (Å²) < 4.78 is 14.6. The number of hydrogen-bond donors (Lipinski definition) is 1. The molecule has 0 amide bonds. The molecule has 0 bridgehead atoms. The van der Waals surface area contributed by atoms with E-state index in [-0.39, 0.29) is 11.9 Å². The van der Waals surface area contributed by atoms with Crippen LogP contribution in [0.25, 0.3) is 0 Å². The average Bonchev–Trinajstić information content (AvgIpc) is 2.40. The van der Waals surface area contributed by atoms with Crippen LogP contribution in [0.15, 0.2) is 42.5 Å². The molecule has 0 saturated carbocycles. The third-order valence-corrected chi connectivity index (χ3v) is 4.12. The first kappa shape index (κ1) is 14.5. The summed E-state index contributed by atoms with van der Waals surface area (Å²) in [4.78, 5) is 0. The average molecular weight is 369 g/mol. The Morgan fingerprint density at radius 3 is 2.58 bits per heavy atom. The number of hydrogen-bond acceptors (Lipinski definition) is 1. The van der Waals surface area contributed by atoms with Crippen molar-refractivity contribution in [1.29, 1.82) is 0 Å². The molecule has 0 saturated heterocycles. The highest BCUT2D eigenvalue weighted by atomic mass is 127. The van der Waals surface area contributed by atoms with Gasteiger partial charge < -0.3 is 5.32 Å². The van der Waals surface area contributed by atoms with Crippen molar-refractivity contribution in [3.05, 3.63) is 68.5 Å². The third-order valence-electron chi connectivity index (χ3n) is 3.14. The van der Waals surface area contributed by atoms with Gasteiger partial charge in [-0.15, -0.1) is 0 Å². The zero-order valence-corrected chi connectivity index (χ0v) is 13.2. The fraction of sp³-hybridized carbons (Fsp3) is 0.250. The molecule has 0 heterocycles. The molecule has 0 aliphatic rings. The lowest BCUT2D eigenvalue weighted by Crippen LogP contribution is -2.23. The molecule has 0 fully saturated rings. The molecular weight excluding hydrogens is 352 g/mol. The minimum absolute atomic E-state index is 0.109. The van der Waals surface area contributed by atoms with E-state index in [4.69, 9.17) is 0 Å². The Morgan fingerprint density at radius 2 is 1.95 bits per heavy atom. The van der Waals surface area contributed by atoms with Crippen LogP contribution < -0.4 is 5.32 Å². The highest BCUT2D eigenvalue weighted by Crippen LogP contribution is 2.27. The number of benzene rings is 2. The smallest absolute Gasteiger partial charge is 0.126 e. The van der Waals surface area contributed by atoms with Gasteiger partial charge in [0, 0.05) is 3.57 Å². The number of rotatable bonds is 4. The Hall–Kier alpha value is -0.940. The van der Waals surface area contributed by atoms with Gasteiger partial charge in [0.1, 0.15) is 5.82 Å². The van der Waals surface area contributed by atoms with E-state index >= 15 is 0 Å². The van der Waals surface area contributed by atoms with Gasteiger partial charge in [0.05, 0.1) is 6.04 Å². The standard InChI is InChI=1S/C16H17FIN/c1-3-19-16(13-6-4-5-7-15(13)18)12-8-9-14(17)11(2)10-12/h4-10,16,19H,3H2,1-2H3. The summed E-state index contributed by atoms with van der Waals surface area (Å²) in [5, 5.41) is 3.48. The number of nitrogens with one attached hydrogen (secondary N) is 1. The Bertz CT molecular complexity index is 568. The van der Waals surface area contributed by atoms with E-state index in [1.807, 2.05) is 24.3 Å². The molecule has 1 unspecified atom stereocenters. The second-order valence-electron chi connectivity index (χ2n) is 4.52. The highest BCUT2D eigenvalue weighted by Gasteiger charge is 2.16. The summed E-state index contributed by atoms with van der Waals surface area (Å²) in [5.41, 5.74) is 3.02. The topological polar surface area (TPSA) is 12.0 Å². The Kier molecular flexibility index (Phi) is 4.93. The third kappa shape index (κ3) is 3.34. The molecule has 19 heavy (non-hydrogen) atoms. The zero-order chi connectivity index (χ0) is 13.8. The molecule has 2 aromatic carbocycles. The maximum absolute atomic E-state index is 13.4. The van der Waals surface area contributed by atoms with Crippen LogP contribution in [0.3, 0.4) is 0 Å². The minimum atomic E-state index is -0.151. The van der Waals surface area contributed by atoms with Crippen LogP contribution in [0.1, 0.15) is 29.7 Å². The zero-order valence-electron chi connectivity index (χ0n) is 11.1. The molecule has 3 heteroatoms. The predicted molar refractivity (Wildman–Crippen MR) is 85.8 cm³/mol. The molecule has 2 rings (SSSR count). The van der Waals surface area contributed by atoms with Crippen LogP contribution >= 0.6 is 22.6 Å². The van der Waals surface area contributed by atoms with Crippen molar-refractivity contribution >= 4 is 22.6 Å². The van der Waals surface area contributed by atoms with E-state index in [0.717, 1.165) is 12.1 Å². The van der Waals surface area contributed by atoms with Crippen LogP contribution in [0.2, 0.25) is 0 Å². The van der Waals surface area contributed by atoms with Gasteiger partial charge in [0.2, 0.25) is 0 Å². The van der Waals surface area contributed by atoms with Crippen molar-refractivity contribution in [2.75, 3.05) is 6.54 Å². The molecule has 1 N–H and O–H groups in total. The van der Waals surface area contributed by atoms with Gasteiger partial charge in [0.15, 0.2) is 0 Å². The van der Waals surface area contributed by atoms with Crippen LogP contribution in [0.4, 0.5) is 4.39 Å². The lowest BCUT2D eigenvalue weighted by Gasteiger charge is -2.21. The van der Waals surface area contributed by atoms with E-state index in [0.29, 0.717) is 5.56 Å². The van der Waals surface area contributed by atoms with Crippen molar-refractivity contribution in [3.8, 4) is 0 Å². The molecule has 1 atom stereocenters. The quantitative estimate of drug-likeness (QED) is 0.786. The van der Waals surface area contributed by atoms with Crippen molar-refractivity contribution in [2.45, 2.75) is 19.9 Å². The molecule has 0 aromatic heterocycles. The molecule has 0 radical (unpaired) electrons. The van der Waals surface area contributed by atoms with Crippen LogP contribution in [-0.2, 0) is 0 Å². The van der Waals surface area contributed by atoms with Crippen LogP contribution in [0.5, 0.6) is 0 Å². The van der Waals surface area contributed by atoms with Crippen LogP contribution in [0, 0.1) is 16.3 Å². The second-order valence-corrected chi connectivity index (χ2v) is 5.68. The lowest BCUT2D eigenvalue weighted by atomic mass is 9.97. The van der Waals surface area contributed by atoms with Gasteiger partial charge in [0.25, 0.3) is 0 Å². The maximum Gasteiger partial charge on any atom is 0.126 e. The normalized spacial score (nSPS) is 12.4. The largest absolute Gasteiger partial charge is 0.306 e. The summed E-state index contributed by atoms with van der Waals surface area (Å²) in [6.45, 7) is 4.75. The Morgan fingerprint density at radius 1 is 1.21 bits per heavy atom. The molecule has 1 nitrogen and oxygen atoms in total. The first-order chi connectivity index (χ1) is 9.13. The van der Waals surface area contributed by atoms with Crippen LogP contribution in [-0.4, -0.2) is 6.54 Å². The molecule has 100 valence electrons. The van der Waals surface area contributed by atoms with E-state index in [9.17, 15) is 4.39 Å². The molecule has 2 aromatic rings. The fourth-order valence-electron chi connectivity index (χ4n) is 2.17. The molecule has 0 spiro atoms. The van der Waals surface area contributed by atoms with Gasteiger partial charge in [-0.1, -0.05) is 37.3 Å². The summed E-state index contributed by atoms with van der Waals surface area (Å²) in [6.07, 6.45) is 0. The van der Waals surface area contributed by atoms with Crippen molar-refractivity contribution < 1.29 is 4.39 Å². The maximum atomic E-state index is 13.4. The van der Waals surface area contributed by atoms with Gasteiger partial charge in [-0.2, -0.15) is 0 Å². The van der Waals surface area contributed by atoms with Crippen molar-refractivity contribution in [3.63, 3.8) is 0 Å². The Labute approximate surface area is 127 Å². The SMILES string of the molecule is CCNC(c1ccc(F)c(C)c1)c1ccccc1I. The fourth-order valence-corrected chi connectivity index (χ4v) is 2.87. The van der Waals surface area contributed by atoms with E-state index in [1.54, 1.807) is 13.0 Å². The minimum Gasteiger partial charge on any atom is -0.306 e. The first-order valence-electron chi connectivity index (χ1n) is 6.37. The van der Waals surface area contributed by atoms with Crippen molar-refractivity contribution in [1.82, 2.24) is 5.32 Å². The summed E-state index contributed by atoms with van der Waals surface area (Å²) in [5.74, 6) is -0.151. The lowest BCUT2D eigenvalue weighted by molar-refractivity contribution is 0.605. The Balaban J connectivity index is 2.45. The summed E-state index contributed by atoms with van der Waals surface area (Å²) >= 11 is 2.34. The first-order valence-corrected chi connectivity index (χ1v) is 7.45. The van der Waals surface area contributed by atoms with Gasteiger partial charge >= 0.3 is 0 Å². The van der Waals surface area contributed by atoms with Gasteiger partial charge in [-0.25, -0.2) is 4.39 Å². The van der Waals surface area contributed by atoms with E-state index in [1.165, 1.54) is 9.13 Å². The second kappa shape index (κ2) is 6.48. The molecular formula is C16H17FIN. The number of halogens is 2.